The molecule has 0 aliphatic carbocycles. The minimum absolute atomic E-state index is 0.0856. The number of H-pyrrole nitrogens is 1. The van der Waals surface area contributed by atoms with Gasteiger partial charge in [0.2, 0.25) is 5.91 Å². The summed E-state index contributed by atoms with van der Waals surface area (Å²) in [5.74, 6) is -0.897. The highest BCUT2D eigenvalue weighted by Crippen LogP contribution is 2.29. The van der Waals surface area contributed by atoms with Crippen molar-refractivity contribution in [3.63, 3.8) is 0 Å². The number of nitrogens with one attached hydrogen (secondary N) is 2. The van der Waals surface area contributed by atoms with Crippen LogP contribution in [0.2, 0.25) is 0 Å². The van der Waals surface area contributed by atoms with Gasteiger partial charge < -0.3 is 20.5 Å². The smallest absolute Gasteiger partial charge is 0.335 e. The van der Waals surface area contributed by atoms with Crippen molar-refractivity contribution < 1.29 is 19.8 Å². The van der Waals surface area contributed by atoms with E-state index in [0.717, 1.165) is 52.2 Å². The Morgan fingerprint density at radius 3 is 2.29 bits per heavy atom. The molecule has 42 heavy (non-hydrogen) atoms. The normalized spacial score (nSPS) is 12.5. The summed E-state index contributed by atoms with van der Waals surface area (Å²) in [6, 6.07) is 31.2. The summed E-state index contributed by atoms with van der Waals surface area (Å²) in [5, 5.41) is 22.6. The van der Waals surface area contributed by atoms with Gasteiger partial charge in [0.1, 0.15) is 0 Å². The number of para-hydroxylation sites is 1. The number of aromatic carboxylic acids is 1. The lowest BCUT2D eigenvalue weighted by molar-refractivity contribution is -0.115. The highest BCUT2D eigenvalue weighted by Gasteiger charge is 2.18. The van der Waals surface area contributed by atoms with E-state index >= 15 is 0 Å². The molecule has 1 amide bonds. The third kappa shape index (κ3) is 6.74. The number of nitrogens with zero attached hydrogens (tertiary/aromatic N) is 2. The Bertz CT molecular complexity index is 1760. The molecule has 0 unspecified atom stereocenters. The molecule has 5 aromatic rings. The quantitative estimate of drug-likeness (QED) is 0.169. The van der Waals surface area contributed by atoms with Crippen LogP contribution in [-0.2, 0) is 24.3 Å². The highest BCUT2D eigenvalue weighted by atomic mass is 16.4. The van der Waals surface area contributed by atoms with Crippen LogP contribution >= 0.6 is 0 Å². The number of aromatic nitrogens is 1. The number of hydrogen-bond donors (Lipinski definition) is 4. The van der Waals surface area contributed by atoms with Gasteiger partial charge in [-0.1, -0.05) is 60.7 Å². The van der Waals surface area contributed by atoms with Gasteiger partial charge in [-0.2, -0.15) is 0 Å². The molecular formula is C34H32N4O4. The van der Waals surface area contributed by atoms with Gasteiger partial charge in [-0.25, -0.2) is 4.79 Å². The zero-order valence-corrected chi connectivity index (χ0v) is 23.5. The number of aliphatic imine (C=N–C) groups is 1. The first-order valence-electron chi connectivity index (χ1n) is 13.6. The second-order valence-electron chi connectivity index (χ2n) is 10.3. The molecule has 6 rings (SSSR count). The number of carbonyl (C=O) groups excluding carboxylic acids is 1. The Morgan fingerprint density at radius 1 is 0.905 bits per heavy atom. The first-order chi connectivity index (χ1) is 20.3. The number of rotatable bonds is 7. The first kappa shape index (κ1) is 28.3. The summed E-state index contributed by atoms with van der Waals surface area (Å²) in [6.07, 6.45) is 0.274. The van der Waals surface area contributed by atoms with Crippen LogP contribution in [0, 0.1) is 0 Å². The number of carboxylic acids is 1. The molecule has 212 valence electrons. The van der Waals surface area contributed by atoms with Crippen molar-refractivity contribution in [2.24, 2.45) is 4.99 Å². The molecular weight excluding hydrogens is 528 g/mol. The van der Waals surface area contributed by atoms with Crippen molar-refractivity contribution in [2.75, 3.05) is 12.4 Å². The van der Waals surface area contributed by atoms with Crippen LogP contribution in [0.3, 0.4) is 0 Å². The molecule has 0 bridgehead atoms. The minimum Gasteiger partial charge on any atom is -0.494 e. The van der Waals surface area contributed by atoms with Crippen LogP contribution in [0.5, 0.6) is 5.88 Å². The first-order valence-corrected chi connectivity index (χ1v) is 13.6. The molecule has 4 N–H and O–H groups in total. The van der Waals surface area contributed by atoms with E-state index in [4.69, 9.17) is 10.1 Å². The molecule has 0 fully saturated rings. The maximum absolute atomic E-state index is 10.9. The number of benzene rings is 4. The fraction of sp³-hybridized carbons (Fsp3) is 0.147. The van der Waals surface area contributed by atoms with Gasteiger partial charge in [0.05, 0.1) is 28.9 Å². The van der Waals surface area contributed by atoms with Gasteiger partial charge in [0.25, 0.3) is 0 Å². The number of anilines is 1. The summed E-state index contributed by atoms with van der Waals surface area (Å²) in [5.41, 5.74) is 7.57. The van der Waals surface area contributed by atoms with Crippen LogP contribution in [0.25, 0.3) is 10.9 Å². The van der Waals surface area contributed by atoms with Crippen LogP contribution in [0.1, 0.15) is 39.5 Å². The van der Waals surface area contributed by atoms with E-state index in [-0.39, 0.29) is 23.8 Å². The van der Waals surface area contributed by atoms with Gasteiger partial charge in [-0.15, -0.1) is 0 Å². The number of aromatic hydroxyl groups is 1. The van der Waals surface area contributed by atoms with Crippen molar-refractivity contribution in [3.05, 3.63) is 125 Å². The van der Waals surface area contributed by atoms with E-state index in [0.29, 0.717) is 0 Å². The molecule has 2 heterocycles. The highest BCUT2D eigenvalue weighted by molar-refractivity contribution is 6.12. The summed E-state index contributed by atoms with van der Waals surface area (Å²) in [7, 11) is 2.13. The predicted molar refractivity (Wildman–Crippen MR) is 166 cm³/mol. The SMILES string of the molecule is CC(=Nc1ccc(CN(C)Cc2ccccc2)cc1)c1c(O)[nH]c2ccccc12.O=C1Cc2cc(C(=O)O)ccc2N1. The van der Waals surface area contributed by atoms with E-state index < -0.39 is 5.97 Å². The molecule has 0 radical (unpaired) electrons. The monoisotopic (exact) mass is 560 g/mol. The van der Waals surface area contributed by atoms with Crippen molar-refractivity contribution in [3.8, 4) is 5.88 Å². The molecule has 0 saturated carbocycles. The van der Waals surface area contributed by atoms with Crippen molar-refractivity contribution in [1.29, 1.82) is 0 Å². The topological polar surface area (TPSA) is 118 Å². The van der Waals surface area contributed by atoms with Crippen molar-refractivity contribution in [1.82, 2.24) is 9.88 Å². The fourth-order valence-corrected chi connectivity index (χ4v) is 5.04. The molecule has 8 heteroatoms. The minimum atomic E-state index is -0.970. The number of amides is 1. The molecule has 0 saturated heterocycles. The van der Waals surface area contributed by atoms with Gasteiger partial charge in [-0.05, 0) is 67.1 Å². The summed E-state index contributed by atoms with van der Waals surface area (Å²) >= 11 is 0. The fourth-order valence-electron chi connectivity index (χ4n) is 5.04. The van der Waals surface area contributed by atoms with Crippen molar-refractivity contribution in [2.45, 2.75) is 26.4 Å². The maximum atomic E-state index is 10.9. The Labute approximate surface area is 244 Å². The van der Waals surface area contributed by atoms with E-state index in [1.54, 1.807) is 6.07 Å². The number of carbonyl (C=O) groups is 2. The van der Waals surface area contributed by atoms with E-state index in [9.17, 15) is 14.7 Å². The van der Waals surface area contributed by atoms with Gasteiger partial charge in [0.15, 0.2) is 5.88 Å². The van der Waals surface area contributed by atoms with Crippen LogP contribution in [-0.4, -0.2) is 44.7 Å². The largest absolute Gasteiger partial charge is 0.494 e. The zero-order valence-electron chi connectivity index (χ0n) is 23.5. The third-order valence-electron chi connectivity index (χ3n) is 7.01. The second-order valence-corrected chi connectivity index (χ2v) is 10.3. The Morgan fingerprint density at radius 2 is 1.57 bits per heavy atom. The third-order valence-corrected chi connectivity index (χ3v) is 7.01. The average Bonchev–Trinajstić information content (AvgIpc) is 3.52. The number of fused-ring (bicyclic) bond motifs is 2. The molecule has 8 nitrogen and oxygen atoms in total. The Hall–Kier alpha value is -5.21. The van der Waals surface area contributed by atoms with E-state index in [1.807, 2.05) is 49.4 Å². The van der Waals surface area contributed by atoms with Gasteiger partial charge >= 0.3 is 5.97 Å². The number of carboxylic acid groups (broad SMARTS) is 1. The summed E-state index contributed by atoms with van der Waals surface area (Å²) < 4.78 is 0. The molecule has 4 aromatic carbocycles. The lowest BCUT2D eigenvalue weighted by Crippen LogP contribution is -2.17. The Balaban J connectivity index is 0.000000226. The lowest BCUT2D eigenvalue weighted by Gasteiger charge is -2.16. The molecule has 0 spiro atoms. The van der Waals surface area contributed by atoms with Gasteiger partial charge in [-0.3, -0.25) is 14.7 Å². The standard InChI is InChI=1S/C25H25N3O.C9H7NO3/c1-18(24-22-10-6-7-11-23(22)27-25(24)29)26-21-14-12-20(13-15-21)17-28(2)16-19-8-4-3-5-9-19;11-8-4-6-3-5(9(12)13)1-2-7(6)10-8/h3-15,27,29H,16-17H2,1-2H3;1-3H,4H2,(H,10,11)(H,12,13). The summed E-state index contributed by atoms with van der Waals surface area (Å²) in [4.78, 5) is 31.5. The molecule has 1 aliphatic rings. The van der Waals surface area contributed by atoms with Crippen LogP contribution < -0.4 is 5.32 Å². The second kappa shape index (κ2) is 12.5. The van der Waals surface area contributed by atoms with E-state index in [1.165, 1.54) is 23.3 Å². The van der Waals surface area contributed by atoms with Gasteiger partial charge in [0, 0.05) is 29.7 Å². The zero-order chi connectivity index (χ0) is 29.6. The van der Waals surface area contributed by atoms with Crippen LogP contribution in [0.4, 0.5) is 11.4 Å². The Kier molecular flexibility index (Phi) is 8.45. The predicted octanol–water partition coefficient (Wildman–Crippen LogP) is 6.53. The average molecular weight is 561 g/mol. The molecule has 1 aromatic heterocycles. The lowest BCUT2D eigenvalue weighted by atomic mass is 10.1. The van der Waals surface area contributed by atoms with E-state index in [2.05, 4.69) is 58.6 Å². The summed E-state index contributed by atoms with van der Waals surface area (Å²) in [6.45, 7) is 3.72. The van der Waals surface area contributed by atoms with Crippen molar-refractivity contribution >= 4 is 39.9 Å². The molecule has 1 aliphatic heterocycles. The molecule has 0 atom stereocenters. The van der Waals surface area contributed by atoms with Crippen LogP contribution in [0.15, 0.2) is 102 Å². The maximum Gasteiger partial charge on any atom is 0.335 e. The number of hydrogen-bond acceptors (Lipinski definition) is 5. The number of aromatic amines is 1.